The standard InChI is InChI=1S/C26H30F2N4O2/c27-18-6-8-19(9-7-18)31-11-13-32(14-12-31)26(34)22-15-17(5-10-23(22)28)16-24-20-3-1-2-4-21(20)25(33)30-29-24/h5-10,15,20-21,24,29H,1-4,11-14,16H2,(H,30,33). The van der Waals surface area contributed by atoms with E-state index in [9.17, 15) is 18.4 Å². The first-order valence-electron chi connectivity index (χ1n) is 12.1. The lowest BCUT2D eigenvalue weighted by Gasteiger charge is -2.41. The van der Waals surface area contributed by atoms with Gasteiger partial charge in [0.2, 0.25) is 5.91 Å². The summed E-state index contributed by atoms with van der Waals surface area (Å²) >= 11 is 0. The Kier molecular flexibility index (Phi) is 6.50. The van der Waals surface area contributed by atoms with Gasteiger partial charge < -0.3 is 9.80 Å². The van der Waals surface area contributed by atoms with Crippen LogP contribution in [0.25, 0.3) is 0 Å². The lowest BCUT2D eigenvalue weighted by molar-refractivity contribution is -0.133. The van der Waals surface area contributed by atoms with Crippen molar-refractivity contribution in [1.29, 1.82) is 0 Å². The average molecular weight is 469 g/mol. The van der Waals surface area contributed by atoms with Crippen molar-refractivity contribution in [2.45, 2.75) is 38.1 Å². The summed E-state index contributed by atoms with van der Waals surface area (Å²) in [5.41, 5.74) is 7.84. The molecule has 34 heavy (non-hydrogen) atoms. The van der Waals surface area contributed by atoms with E-state index >= 15 is 0 Å². The van der Waals surface area contributed by atoms with E-state index in [1.807, 2.05) is 0 Å². The van der Waals surface area contributed by atoms with Crippen LogP contribution in [0.2, 0.25) is 0 Å². The number of hydrogen-bond acceptors (Lipinski definition) is 4. The van der Waals surface area contributed by atoms with Gasteiger partial charge in [-0.05, 0) is 67.1 Å². The zero-order valence-electron chi connectivity index (χ0n) is 19.1. The first-order valence-corrected chi connectivity index (χ1v) is 12.1. The van der Waals surface area contributed by atoms with Crippen molar-refractivity contribution in [2.75, 3.05) is 31.1 Å². The number of anilines is 1. The lowest BCUT2D eigenvalue weighted by atomic mass is 9.72. The highest BCUT2D eigenvalue weighted by Gasteiger charge is 2.39. The Bertz CT molecular complexity index is 1050. The quantitative estimate of drug-likeness (QED) is 0.723. The summed E-state index contributed by atoms with van der Waals surface area (Å²) in [6.07, 6.45) is 4.72. The van der Waals surface area contributed by atoms with Crippen molar-refractivity contribution in [3.63, 3.8) is 0 Å². The Morgan fingerprint density at radius 1 is 0.971 bits per heavy atom. The van der Waals surface area contributed by atoms with Gasteiger partial charge in [-0.25, -0.2) is 14.2 Å². The molecule has 3 unspecified atom stereocenters. The van der Waals surface area contributed by atoms with Gasteiger partial charge in [-0.3, -0.25) is 15.0 Å². The molecule has 0 radical (unpaired) electrons. The van der Waals surface area contributed by atoms with Crippen LogP contribution in [0, 0.1) is 23.5 Å². The highest BCUT2D eigenvalue weighted by Crippen LogP contribution is 2.35. The Morgan fingerprint density at radius 2 is 1.71 bits per heavy atom. The molecule has 2 N–H and O–H groups in total. The Labute approximate surface area is 198 Å². The second-order valence-corrected chi connectivity index (χ2v) is 9.57. The molecular formula is C26H30F2N4O2. The zero-order chi connectivity index (χ0) is 23.7. The number of nitrogens with zero attached hydrogens (tertiary/aromatic N) is 2. The molecule has 1 aliphatic carbocycles. The second kappa shape index (κ2) is 9.70. The minimum Gasteiger partial charge on any atom is -0.368 e. The van der Waals surface area contributed by atoms with Crippen molar-refractivity contribution in [2.24, 2.45) is 11.8 Å². The normalized spacial score (nSPS) is 25.0. The molecule has 5 rings (SSSR count). The van der Waals surface area contributed by atoms with E-state index in [2.05, 4.69) is 15.8 Å². The molecule has 2 saturated heterocycles. The first-order chi connectivity index (χ1) is 16.5. The topological polar surface area (TPSA) is 64.7 Å². The molecule has 3 aliphatic rings. The molecular weight excluding hydrogens is 438 g/mol. The van der Waals surface area contributed by atoms with Gasteiger partial charge in [0.1, 0.15) is 11.6 Å². The highest BCUT2D eigenvalue weighted by atomic mass is 19.1. The van der Waals surface area contributed by atoms with Gasteiger partial charge in [0.15, 0.2) is 0 Å². The minimum absolute atomic E-state index is 0.0268. The van der Waals surface area contributed by atoms with Crippen LogP contribution >= 0.6 is 0 Å². The Hall–Kier alpha value is -3.00. The van der Waals surface area contributed by atoms with E-state index < -0.39 is 5.82 Å². The number of carbonyl (C=O) groups is 2. The molecule has 2 aliphatic heterocycles. The zero-order valence-corrected chi connectivity index (χ0v) is 19.1. The molecule has 3 atom stereocenters. The van der Waals surface area contributed by atoms with Crippen molar-refractivity contribution in [3.05, 3.63) is 65.2 Å². The molecule has 0 bridgehead atoms. The largest absolute Gasteiger partial charge is 0.368 e. The molecule has 8 heteroatoms. The van der Waals surface area contributed by atoms with E-state index in [4.69, 9.17) is 0 Å². The van der Waals surface area contributed by atoms with Gasteiger partial charge in [-0.1, -0.05) is 18.9 Å². The minimum atomic E-state index is -0.518. The molecule has 180 valence electrons. The van der Waals surface area contributed by atoms with Crippen LogP contribution in [0.5, 0.6) is 0 Å². The van der Waals surface area contributed by atoms with Crippen molar-refractivity contribution < 1.29 is 18.4 Å². The lowest BCUT2D eigenvalue weighted by Crippen LogP contribution is -2.60. The maximum Gasteiger partial charge on any atom is 0.256 e. The number of hydrazine groups is 1. The smallest absolute Gasteiger partial charge is 0.256 e. The Morgan fingerprint density at radius 3 is 2.47 bits per heavy atom. The van der Waals surface area contributed by atoms with Crippen LogP contribution < -0.4 is 15.8 Å². The summed E-state index contributed by atoms with van der Waals surface area (Å²) in [5, 5.41) is 0. The highest BCUT2D eigenvalue weighted by molar-refractivity contribution is 5.95. The van der Waals surface area contributed by atoms with Crippen LogP contribution in [0.15, 0.2) is 42.5 Å². The van der Waals surface area contributed by atoms with Gasteiger partial charge in [0.05, 0.1) is 5.56 Å². The number of amides is 2. The Balaban J connectivity index is 1.25. The second-order valence-electron chi connectivity index (χ2n) is 9.57. The summed E-state index contributed by atoms with van der Waals surface area (Å²) in [7, 11) is 0. The summed E-state index contributed by atoms with van der Waals surface area (Å²) in [6.45, 7) is 2.15. The van der Waals surface area contributed by atoms with Gasteiger partial charge in [-0.15, -0.1) is 0 Å². The fraction of sp³-hybridized carbons (Fsp3) is 0.462. The molecule has 0 aromatic heterocycles. The van der Waals surface area contributed by atoms with Crippen LogP contribution in [0.1, 0.15) is 41.6 Å². The first kappa shape index (κ1) is 22.8. The molecule has 0 spiro atoms. The fourth-order valence-electron chi connectivity index (χ4n) is 5.64. The third-order valence-electron chi connectivity index (χ3n) is 7.53. The summed E-state index contributed by atoms with van der Waals surface area (Å²) < 4.78 is 27.9. The molecule has 2 amide bonds. The third-order valence-corrected chi connectivity index (χ3v) is 7.53. The van der Waals surface area contributed by atoms with Gasteiger partial charge in [0.25, 0.3) is 5.91 Å². The third kappa shape index (κ3) is 4.64. The number of rotatable bonds is 4. The number of nitrogens with one attached hydrogen (secondary N) is 2. The van der Waals surface area contributed by atoms with Crippen molar-refractivity contribution in [1.82, 2.24) is 15.8 Å². The predicted molar refractivity (Wildman–Crippen MR) is 125 cm³/mol. The van der Waals surface area contributed by atoms with E-state index in [0.29, 0.717) is 32.6 Å². The van der Waals surface area contributed by atoms with E-state index in [-0.39, 0.29) is 41.1 Å². The molecule has 1 saturated carbocycles. The molecule has 6 nitrogen and oxygen atoms in total. The molecule has 2 aromatic rings. The maximum atomic E-state index is 14.7. The van der Waals surface area contributed by atoms with Gasteiger partial charge >= 0.3 is 0 Å². The summed E-state index contributed by atoms with van der Waals surface area (Å²) in [6, 6.07) is 11.1. The monoisotopic (exact) mass is 468 g/mol. The number of carbonyl (C=O) groups excluding carboxylic acids is 2. The number of benzene rings is 2. The molecule has 3 fully saturated rings. The van der Waals surface area contributed by atoms with E-state index in [0.717, 1.165) is 36.9 Å². The van der Waals surface area contributed by atoms with E-state index in [1.54, 1.807) is 29.2 Å². The summed E-state index contributed by atoms with van der Waals surface area (Å²) in [5.74, 6) is -0.757. The average Bonchev–Trinajstić information content (AvgIpc) is 2.87. The number of fused-ring (bicyclic) bond motifs is 1. The van der Waals surface area contributed by atoms with Gasteiger partial charge in [-0.2, -0.15) is 0 Å². The number of piperazine rings is 1. The SMILES string of the molecule is O=C1NNC(Cc2ccc(F)c(C(=O)N3CCN(c4ccc(F)cc4)CC3)c2)C2CCCCC12. The number of halogens is 2. The molecule has 2 heterocycles. The van der Waals surface area contributed by atoms with Crippen molar-refractivity contribution >= 4 is 17.5 Å². The maximum absolute atomic E-state index is 14.7. The summed E-state index contributed by atoms with van der Waals surface area (Å²) in [4.78, 5) is 29.2. The van der Waals surface area contributed by atoms with E-state index in [1.165, 1.54) is 18.2 Å². The predicted octanol–water partition coefficient (Wildman–Crippen LogP) is 3.28. The van der Waals surface area contributed by atoms with Crippen LogP contribution in [0.3, 0.4) is 0 Å². The fourth-order valence-corrected chi connectivity index (χ4v) is 5.64. The van der Waals surface area contributed by atoms with Crippen molar-refractivity contribution in [3.8, 4) is 0 Å². The van der Waals surface area contributed by atoms with Crippen LogP contribution in [0.4, 0.5) is 14.5 Å². The van der Waals surface area contributed by atoms with Crippen LogP contribution in [-0.2, 0) is 11.2 Å². The number of hydrogen-bond donors (Lipinski definition) is 2. The van der Waals surface area contributed by atoms with Gasteiger partial charge in [0, 0.05) is 43.8 Å². The van der Waals surface area contributed by atoms with Crippen LogP contribution in [-0.4, -0.2) is 48.9 Å². The molecule has 2 aromatic carbocycles.